The summed E-state index contributed by atoms with van der Waals surface area (Å²) in [6.45, 7) is 7.31. The molecule has 8 heteroatoms. The zero-order valence-corrected chi connectivity index (χ0v) is 20.6. The van der Waals surface area contributed by atoms with E-state index in [1.807, 2.05) is 37.3 Å². The minimum atomic E-state index is 0. The standard InChI is InChI=1S/C22H31N7.HI/c1-5-23-22(26-16-18-10-8-13-24-21(18)28(3)4)25-14-9-15-29-17(2)27-19-11-6-7-12-20(19)29;/h6-8,10-13H,5,9,14-16H2,1-4H3,(H2,23,25,26);1H. The highest BCUT2D eigenvalue weighted by Gasteiger charge is 2.07. The van der Waals surface area contributed by atoms with Gasteiger partial charge in [-0.25, -0.2) is 15.0 Å². The largest absolute Gasteiger partial charge is 0.362 e. The number of guanidine groups is 1. The van der Waals surface area contributed by atoms with E-state index in [0.717, 1.165) is 54.7 Å². The molecule has 1 aromatic carbocycles. The van der Waals surface area contributed by atoms with Gasteiger partial charge in [-0.15, -0.1) is 24.0 Å². The van der Waals surface area contributed by atoms with Gasteiger partial charge in [0.1, 0.15) is 11.6 Å². The van der Waals surface area contributed by atoms with E-state index in [2.05, 4.69) is 63.3 Å². The summed E-state index contributed by atoms with van der Waals surface area (Å²) in [6.07, 6.45) is 2.80. The first-order valence-corrected chi connectivity index (χ1v) is 10.2. The van der Waals surface area contributed by atoms with Crippen LogP contribution in [0.5, 0.6) is 0 Å². The predicted molar refractivity (Wildman–Crippen MR) is 136 cm³/mol. The number of hydrogen-bond acceptors (Lipinski definition) is 4. The van der Waals surface area contributed by atoms with Crippen molar-refractivity contribution in [2.24, 2.45) is 4.99 Å². The van der Waals surface area contributed by atoms with Gasteiger partial charge < -0.3 is 20.1 Å². The summed E-state index contributed by atoms with van der Waals surface area (Å²) in [5.74, 6) is 2.84. The molecule has 0 saturated heterocycles. The number of halogens is 1. The van der Waals surface area contributed by atoms with E-state index in [-0.39, 0.29) is 24.0 Å². The molecule has 3 aromatic rings. The van der Waals surface area contributed by atoms with Crippen LogP contribution in [0.2, 0.25) is 0 Å². The number of imidazole rings is 1. The molecule has 2 aromatic heterocycles. The Morgan fingerprint density at radius 1 is 1.13 bits per heavy atom. The van der Waals surface area contributed by atoms with Crippen LogP contribution < -0.4 is 15.5 Å². The Hall–Kier alpha value is -2.36. The molecule has 2 N–H and O–H groups in total. The Kier molecular flexibility index (Phi) is 9.35. The van der Waals surface area contributed by atoms with Gasteiger partial charge in [0.2, 0.25) is 0 Å². The van der Waals surface area contributed by atoms with E-state index in [0.29, 0.717) is 6.54 Å². The third-order valence-corrected chi connectivity index (χ3v) is 4.74. The van der Waals surface area contributed by atoms with Crippen molar-refractivity contribution in [2.45, 2.75) is 33.4 Å². The summed E-state index contributed by atoms with van der Waals surface area (Å²) in [4.78, 5) is 15.8. The van der Waals surface area contributed by atoms with Gasteiger partial charge in [0.15, 0.2) is 5.96 Å². The molecule has 0 aliphatic rings. The molecular weight excluding hydrogens is 489 g/mol. The highest BCUT2D eigenvalue weighted by atomic mass is 127. The van der Waals surface area contributed by atoms with E-state index in [1.54, 1.807) is 0 Å². The summed E-state index contributed by atoms with van der Waals surface area (Å²) < 4.78 is 2.28. The van der Waals surface area contributed by atoms with Crippen molar-refractivity contribution in [2.75, 3.05) is 32.1 Å². The van der Waals surface area contributed by atoms with Crippen LogP contribution >= 0.6 is 24.0 Å². The average Bonchev–Trinajstić information content (AvgIpc) is 3.04. The van der Waals surface area contributed by atoms with Crippen molar-refractivity contribution in [3.63, 3.8) is 0 Å². The smallest absolute Gasteiger partial charge is 0.191 e. The molecular formula is C22H32IN7. The third kappa shape index (κ3) is 6.07. The van der Waals surface area contributed by atoms with Crippen molar-refractivity contribution < 1.29 is 0 Å². The minimum absolute atomic E-state index is 0. The van der Waals surface area contributed by atoms with E-state index >= 15 is 0 Å². The van der Waals surface area contributed by atoms with Gasteiger partial charge in [-0.05, 0) is 38.5 Å². The van der Waals surface area contributed by atoms with Gasteiger partial charge >= 0.3 is 0 Å². The van der Waals surface area contributed by atoms with Gasteiger partial charge in [0, 0.05) is 45.5 Å². The molecule has 0 spiro atoms. The summed E-state index contributed by atoms with van der Waals surface area (Å²) >= 11 is 0. The number of para-hydroxylation sites is 2. The van der Waals surface area contributed by atoms with Crippen molar-refractivity contribution >= 4 is 46.8 Å². The summed E-state index contributed by atoms with van der Waals surface area (Å²) in [5.41, 5.74) is 3.36. The van der Waals surface area contributed by atoms with Crippen molar-refractivity contribution in [3.8, 4) is 0 Å². The Bertz CT molecular complexity index is 965. The number of aliphatic imine (C=N–C) groups is 1. The maximum atomic E-state index is 4.74. The highest BCUT2D eigenvalue weighted by molar-refractivity contribution is 14.0. The number of anilines is 1. The van der Waals surface area contributed by atoms with E-state index < -0.39 is 0 Å². The van der Waals surface area contributed by atoms with Crippen LogP contribution in [-0.4, -0.2) is 47.7 Å². The molecule has 7 nitrogen and oxygen atoms in total. The maximum Gasteiger partial charge on any atom is 0.191 e. The summed E-state index contributed by atoms with van der Waals surface area (Å²) in [6, 6.07) is 12.3. The van der Waals surface area contributed by atoms with Gasteiger partial charge in [-0.1, -0.05) is 18.2 Å². The van der Waals surface area contributed by atoms with Crippen LogP contribution in [0.3, 0.4) is 0 Å². The number of aromatic nitrogens is 3. The second-order valence-corrected chi connectivity index (χ2v) is 7.16. The number of fused-ring (bicyclic) bond motifs is 1. The SMILES string of the molecule is CCNC(=NCc1cccnc1N(C)C)NCCCn1c(C)nc2ccccc21.I. The van der Waals surface area contributed by atoms with Crippen molar-refractivity contribution in [1.82, 2.24) is 25.2 Å². The monoisotopic (exact) mass is 521 g/mol. The van der Waals surface area contributed by atoms with Gasteiger partial charge in [0.25, 0.3) is 0 Å². The second-order valence-electron chi connectivity index (χ2n) is 7.16. The minimum Gasteiger partial charge on any atom is -0.362 e. The van der Waals surface area contributed by atoms with E-state index in [4.69, 9.17) is 4.99 Å². The lowest BCUT2D eigenvalue weighted by molar-refractivity contribution is 0.624. The third-order valence-electron chi connectivity index (χ3n) is 4.74. The maximum absolute atomic E-state index is 4.74. The van der Waals surface area contributed by atoms with E-state index in [9.17, 15) is 0 Å². The zero-order valence-electron chi connectivity index (χ0n) is 18.2. The van der Waals surface area contributed by atoms with Crippen LogP contribution in [0.25, 0.3) is 11.0 Å². The van der Waals surface area contributed by atoms with Crippen molar-refractivity contribution in [3.05, 3.63) is 54.0 Å². The lowest BCUT2D eigenvalue weighted by Crippen LogP contribution is -2.38. The highest BCUT2D eigenvalue weighted by Crippen LogP contribution is 2.16. The molecule has 3 rings (SSSR count). The number of pyridine rings is 1. The van der Waals surface area contributed by atoms with Crippen LogP contribution in [-0.2, 0) is 13.1 Å². The summed E-state index contributed by atoms with van der Waals surface area (Å²) in [5, 5.41) is 6.76. The predicted octanol–water partition coefficient (Wildman–Crippen LogP) is 3.57. The molecule has 0 saturated carbocycles. The van der Waals surface area contributed by atoms with Crippen LogP contribution in [0.4, 0.5) is 5.82 Å². The molecule has 0 atom stereocenters. The van der Waals surface area contributed by atoms with Gasteiger partial charge in [-0.2, -0.15) is 0 Å². The number of rotatable bonds is 8. The molecule has 0 aliphatic carbocycles. The first-order valence-electron chi connectivity index (χ1n) is 10.2. The number of nitrogens with one attached hydrogen (secondary N) is 2. The first-order chi connectivity index (χ1) is 14.1. The van der Waals surface area contributed by atoms with Crippen molar-refractivity contribution in [1.29, 1.82) is 0 Å². The fourth-order valence-corrected chi connectivity index (χ4v) is 3.38. The van der Waals surface area contributed by atoms with Gasteiger partial charge in [0.05, 0.1) is 17.6 Å². The Morgan fingerprint density at radius 2 is 1.93 bits per heavy atom. The Labute approximate surface area is 196 Å². The second kappa shape index (κ2) is 11.7. The fourth-order valence-electron chi connectivity index (χ4n) is 3.38. The van der Waals surface area contributed by atoms with E-state index in [1.165, 1.54) is 5.52 Å². The number of nitrogens with zero attached hydrogens (tertiary/aromatic N) is 5. The normalized spacial score (nSPS) is 11.3. The quantitative estimate of drug-likeness (QED) is 0.205. The van der Waals surface area contributed by atoms with Crippen LogP contribution in [0.1, 0.15) is 24.7 Å². The molecule has 0 fully saturated rings. The number of hydrogen-bond donors (Lipinski definition) is 2. The zero-order chi connectivity index (χ0) is 20.6. The van der Waals surface area contributed by atoms with Crippen LogP contribution in [0, 0.1) is 6.92 Å². The first kappa shape index (κ1) is 23.9. The fraction of sp³-hybridized carbons (Fsp3) is 0.409. The van der Waals surface area contributed by atoms with Gasteiger partial charge in [-0.3, -0.25) is 0 Å². The number of benzene rings is 1. The lowest BCUT2D eigenvalue weighted by Gasteiger charge is -2.16. The van der Waals surface area contributed by atoms with Crippen LogP contribution in [0.15, 0.2) is 47.6 Å². The molecule has 0 unspecified atom stereocenters. The molecule has 30 heavy (non-hydrogen) atoms. The number of aryl methyl sites for hydroxylation is 2. The molecule has 0 radical (unpaired) electrons. The average molecular weight is 521 g/mol. The molecule has 0 bridgehead atoms. The summed E-state index contributed by atoms with van der Waals surface area (Å²) in [7, 11) is 4.00. The molecule has 162 valence electrons. The topological polar surface area (TPSA) is 70.4 Å². The Balaban J connectivity index is 0.00000320. The lowest BCUT2D eigenvalue weighted by atomic mass is 10.2. The molecule has 0 aliphatic heterocycles. The molecule has 0 amide bonds. The Morgan fingerprint density at radius 3 is 2.70 bits per heavy atom. The molecule has 2 heterocycles.